The Morgan fingerprint density at radius 2 is 1.71 bits per heavy atom. The predicted molar refractivity (Wildman–Crippen MR) is 121 cm³/mol. The molecule has 0 aliphatic rings. The Kier molecular flexibility index (Phi) is 5.08. The quantitative estimate of drug-likeness (QED) is 0.362. The lowest BCUT2D eigenvalue weighted by Gasteiger charge is -2.15. The zero-order valence-electron chi connectivity index (χ0n) is 17.9. The van der Waals surface area contributed by atoms with Crippen LogP contribution in [0.1, 0.15) is 0 Å². The molecule has 0 saturated carbocycles. The minimum absolute atomic E-state index is 0.0352. The summed E-state index contributed by atoms with van der Waals surface area (Å²) >= 11 is 0. The van der Waals surface area contributed by atoms with Gasteiger partial charge in [0.25, 0.3) is 0 Å². The number of hydrogen-bond donors (Lipinski definition) is 2. The van der Waals surface area contributed by atoms with Crippen LogP contribution in [0.2, 0.25) is 0 Å². The lowest BCUT2D eigenvalue weighted by atomic mass is 10.0. The summed E-state index contributed by atoms with van der Waals surface area (Å²) in [6.45, 7) is 0. The van der Waals surface area contributed by atoms with Gasteiger partial charge in [-0.25, -0.2) is 23.1 Å². The SMILES string of the molecule is COc1cc(OC)c(F)c(-c2cc3cnc(Nc4c(N)cccc4F)nc3n3ccnc23)c1F. The summed E-state index contributed by atoms with van der Waals surface area (Å²) in [5.41, 5.74) is 6.46. The van der Waals surface area contributed by atoms with E-state index < -0.39 is 17.5 Å². The Hall–Kier alpha value is -4.54. The summed E-state index contributed by atoms with van der Waals surface area (Å²) in [5, 5.41) is 3.23. The fraction of sp³-hybridized carbons (Fsp3) is 0.0870. The number of benzene rings is 2. The van der Waals surface area contributed by atoms with Crippen molar-refractivity contribution in [3.8, 4) is 22.6 Å². The zero-order chi connectivity index (χ0) is 24.0. The number of rotatable bonds is 5. The molecular weight excluding hydrogens is 449 g/mol. The van der Waals surface area contributed by atoms with Crippen LogP contribution in [0.15, 0.2) is 48.9 Å². The highest BCUT2D eigenvalue weighted by Crippen LogP contribution is 2.40. The number of nitrogens with two attached hydrogens (primary N) is 1. The normalized spacial score (nSPS) is 11.2. The molecule has 3 heterocycles. The second kappa shape index (κ2) is 8.10. The first kappa shape index (κ1) is 21.3. The number of aromatic nitrogens is 4. The summed E-state index contributed by atoms with van der Waals surface area (Å²) < 4.78 is 56.3. The Morgan fingerprint density at radius 3 is 2.38 bits per heavy atom. The zero-order valence-corrected chi connectivity index (χ0v) is 17.9. The molecule has 0 amide bonds. The van der Waals surface area contributed by atoms with Crippen LogP contribution in [0.3, 0.4) is 0 Å². The first-order valence-electron chi connectivity index (χ1n) is 9.97. The molecule has 172 valence electrons. The highest BCUT2D eigenvalue weighted by molar-refractivity contribution is 5.91. The van der Waals surface area contributed by atoms with E-state index in [1.54, 1.807) is 10.6 Å². The second-order valence-corrected chi connectivity index (χ2v) is 7.26. The van der Waals surface area contributed by atoms with E-state index in [1.807, 2.05) is 0 Å². The van der Waals surface area contributed by atoms with Gasteiger partial charge in [-0.3, -0.25) is 4.40 Å². The molecule has 3 aromatic heterocycles. The van der Waals surface area contributed by atoms with Gasteiger partial charge in [-0.05, 0) is 18.2 Å². The Labute approximate surface area is 190 Å². The third kappa shape index (κ3) is 3.29. The number of ether oxygens (including phenoxy) is 2. The van der Waals surface area contributed by atoms with E-state index in [0.717, 1.165) is 6.07 Å². The van der Waals surface area contributed by atoms with Gasteiger partial charge in [0.1, 0.15) is 17.2 Å². The van der Waals surface area contributed by atoms with Crippen LogP contribution < -0.4 is 20.5 Å². The third-order valence-electron chi connectivity index (χ3n) is 5.33. The maximum atomic E-state index is 15.2. The number of hydrogen-bond acceptors (Lipinski definition) is 7. The van der Waals surface area contributed by atoms with Crippen molar-refractivity contribution in [1.82, 2.24) is 19.4 Å². The second-order valence-electron chi connectivity index (χ2n) is 7.26. The van der Waals surface area contributed by atoms with Crippen molar-refractivity contribution < 1.29 is 22.6 Å². The number of para-hydroxylation sites is 1. The number of nitrogens with zero attached hydrogens (tertiary/aromatic N) is 4. The number of pyridine rings is 1. The van der Waals surface area contributed by atoms with E-state index in [9.17, 15) is 4.39 Å². The van der Waals surface area contributed by atoms with Gasteiger partial charge in [0.05, 0.1) is 25.5 Å². The molecule has 0 fully saturated rings. The highest BCUT2D eigenvalue weighted by atomic mass is 19.1. The van der Waals surface area contributed by atoms with Crippen LogP contribution in [0.25, 0.3) is 27.8 Å². The Bertz CT molecular complexity index is 1520. The fourth-order valence-electron chi connectivity index (χ4n) is 3.72. The summed E-state index contributed by atoms with van der Waals surface area (Å²) in [4.78, 5) is 12.9. The number of nitrogens with one attached hydrogen (secondary N) is 1. The number of anilines is 3. The molecule has 0 aliphatic heterocycles. The van der Waals surface area contributed by atoms with Crippen LogP contribution in [-0.2, 0) is 0 Å². The molecule has 0 unspecified atom stereocenters. The third-order valence-corrected chi connectivity index (χ3v) is 5.33. The number of methoxy groups -OCH3 is 2. The van der Waals surface area contributed by atoms with Crippen molar-refractivity contribution in [1.29, 1.82) is 0 Å². The lowest BCUT2D eigenvalue weighted by Crippen LogP contribution is -2.05. The van der Waals surface area contributed by atoms with E-state index >= 15 is 8.78 Å². The maximum Gasteiger partial charge on any atom is 0.229 e. The molecule has 0 saturated heterocycles. The van der Waals surface area contributed by atoms with Crippen molar-refractivity contribution in [3.05, 3.63) is 66.4 Å². The van der Waals surface area contributed by atoms with Crippen LogP contribution in [0.5, 0.6) is 11.5 Å². The Balaban J connectivity index is 1.72. The van der Waals surface area contributed by atoms with Gasteiger partial charge in [-0.1, -0.05) is 6.07 Å². The van der Waals surface area contributed by atoms with E-state index in [-0.39, 0.29) is 45.6 Å². The molecular formula is C23H17F3N6O2. The number of nitrogen functional groups attached to an aromatic ring is 1. The van der Waals surface area contributed by atoms with Gasteiger partial charge in [0, 0.05) is 35.6 Å². The van der Waals surface area contributed by atoms with Crippen molar-refractivity contribution in [2.24, 2.45) is 0 Å². The van der Waals surface area contributed by atoms with Gasteiger partial charge in [0.15, 0.2) is 28.8 Å². The van der Waals surface area contributed by atoms with Crippen molar-refractivity contribution in [2.45, 2.75) is 0 Å². The predicted octanol–water partition coefficient (Wildman–Crippen LogP) is 4.70. The van der Waals surface area contributed by atoms with Crippen LogP contribution in [-0.4, -0.2) is 33.6 Å². The van der Waals surface area contributed by atoms with Crippen molar-refractivity contribution >= 4 is 34.0 Å². The number of imidazole rings is 1. The molecule has 2 aromatic carbocycles. The standard InChI is InChI=1S/C23H17F3N6O2/c1-33-15-9-16(34-2)19(26)17(18(15)25)12-8-11-10-29-23(30-20-13(24)4-3-5-14(20)27)31-21(11)32-7-6-28-22(12)32/h3-10H,27H2,1-2H3,(H,29,30,31). The Morgan fingerprint density at radius 1 is 0.971 bits per heavy atom. The molecule has 11 heteroatoms. The summed E-state index contributed by atoms with van der Waals surface area (Å²) in [5.74, 6) is -2.66. The molecule has 0 radical (unpaired) electrons. The number of halogens is 3. The first-order valence-corrected chi connectivity index (χ1v) is 9.97. The molecule has 8 nitrogen and oxygen atoms in total. The van der Waals surface area contributed by atoms with Gasteiger partial charge in [-0.2, -0.15) is 4.98 Å². The van der Waals surface area contributed by atoms with E-state index in [2.05, 4.69) is 20.3 Å². The molecule has 0 atom stereocenters. The minimum atomic E-state index is -0.903. The van der Waals surface area contributed by atoms with Crippen LogP contribution >= 0.6 is 0 Å². The van der Waals surface area contributed by atoms with Gasteiger partial charge < -0.3 is 20.5 Å². The number of fused-ring (bicyclic) bond motifs is 3. The monoisotopic (exact) mass is 466 g/mol. The summed E-state index contributed by atoms with van der Waals surface area (Å²) in [6.07, 6.45) is 4.50. The molecule has 0 spiro atoms. The minimum Gasteiger partial charge on any atom is -0.494 e. The van der Waals surface area contributed by atoms with E-state index in [0.29, 0.717) is 11.0 Å². The molecule has 0 aliphatic carbocycles. The fourth-order valence-corrected chi connectivity index (χ4v) is 3.72. The molecule has 5 aromatic rings. The van der Waals surface area contributed by atoms with Crippen molar-refractivity contribution in [2.75, 3.05) is 25.3 Å². The molecule has 34 heavy (non-hydrogen) atoms. The topological polar surface area (TPSA) is 99.6 Å². The van der Waals surface area contributed by atoms with Crippen LogP contribution in [0.4, 0.5) is 30.5 Å². The molecule has 5 rings (SSSR count). The van der Waals surface area contributed by atoms with Crippen LogP contribution in [0, 0.1) is 17.5 Å². The summed E-state index contributed by atoms with van der Waals surface area (Å²) in [6, 6.07) is 6.93. The molecule has 3 N–H and O–H groups in total. The van der Waals surface area contributed by atoms with Gasteiger partial charge in [-0.15, -0.1) is 0 Å². The lowest BCUT2D eigenvalue weighted by molar-refractivity contribution is 0.360. The van der Waals surface area contributed by atoms with Crippen molar-refractivity contribution in [3.63, 3.8) is 0 Å². The van der Waals surface area contributed by atoms with Gasteiger partial charge in [0.2, 0.25) is 5.95 Å². The van der Waals surface area contributed by atoms with Gasteiger partial charge >= 0.3 is 0 Å². The highest BCUT2D eigenvalue weighted by Gasteiger charge is 2.25. The average molecular weight is 466 g/mol. The largest absolute Gasteiger partial charge is 0.494 e. The van der Waals surface area contributed by atoms with E-state index in [4.69, 9.17) is 15.2 Å². The summed E-state index contributed by atoms with van der Waals surface area (Å²) in [7, 11) is 2.55. The average Bonchev–Trinajstić information content (AvgIpc) is 3.32. The van der Waals surface area contributed by atoms with E-state index in [1.165, 1.54) is 50.9 Å². The first-order chi connectivity index (χ1) is 16.4. The maximum absolute atomic E-state index is 15.2. The molecule has 0 bridgehead atoms. The smallest absolute Gasteiger partial charge is 0.229 e.